The molecule has 0 saturated carbocycles. The van der Waals surface area contributed by atoms with Crippen LogP contribution in [0, 0.1) is 0 Å². The third-order valence-corrected chi connectivity index (χ3v) is 3.46. The van der Waals surface area contributed by atoms with Crippen LogP contribution < -0.4 is 10.6 Å². The van der Waals surface area contributed by atoms with Crippen LogP contribution in [0.4, 0.5) is 0 Å². The topological polar surface area (TPSA) is 61.4 Å². The molecule has 2 atom stereocenters. The van der Waals surface area contributed by atoms with E-state index in [9.17, 15) is 9.59 Å². The Bertz CT molecular complexity index is 316. The highest BCUT2D eigenvalue weighted by Gasteiger charge is 2.25. The van der Waals surface area contributed by atoms with Crippen molar-refractivity contribution >= 4 is 11.8 Å². The molecule has 0 radical (unpaired) electrons. The summed E-state index contributed by atoms with van der Waals surface area (Å²) in [5.74, 6) is -0.0810. The number of hydrogen-bond acceptors (Lipinski definition) is 3. The van der Waals surface area contributed by atoms with E-state index in [4.69, 9.17) is 0 Å². The molecule has 0 aromatic rings. The normalized spacial score (nSPS) is 14.7. The van der Waals surface area contributed by atoms with Gasteiger partial charge in [-0.3, -0.25) is 14.9 Å². The maximum atomic E-state index is 12.0. The van der Waals surface area contributed by atoms with Gasteiger partial charge in [-0.2, -0.15) is 0 Å². The number of carbonyl (C=O) groups excluding carboxylic acids is 2. The molecule has 0 aliphatic rings. The molecule has 0 heterocycles. The van der Waals surface area contributed by atoms with Crippen LogP contribution in [0.1, 0.15) is 48.0 Å². The van der Waals surface area contributed by atoms with Crippen LogP contribution >= 0.6 is 0 Å². The van der Waals surface area contributed by atoms with E-state index in [1.54, 1.807) is 25.8 Å². The first-order chi connectivity index (χ1) is 8.64. The molecule has 0 aromatic carbocycles. The van der Waals surface area contributed by atoms with Crippen molar-refractivity contribution in [2.45, 2.75) is 65.6 Å². The second kappa shape index (κ2) is 7.48. The Morgan fingerprint density at radius 3 is 2.11 bits per heavy atom. The first kappa shape index (κ1) is 17.9. The van der Waals surface area contributed by atoms with Gasteiger partial charge in [0.15, 0.2) is 0 Å². The van der Waals surface area contributed by atoms with E-state index < -0.39 is 6.04 Å². The van der Waals surface area contributed by atoms with E-state index in [-0.39, 0.29) is 23.4 Å². The van der Waals surface area contributed by atoms with Gasteiger partial charge < -0.3 is 10.2 Å². The fraction of sp³-hybridized carbons (Fsp3) is 0.857. The van der Waals surface area contributed by atoms with Gasteiger partial charge >= 0.3 is 0 Å². The Labute approximate surface area is 117 Å². The lowest BCUT2D eigenvalue weighted by molar-refractivity contribution is -0.132. The molecule has 5 heteroatoms. The third-order valence-electron chi connectivity index (χ3n) is 3.46. The van der Waals surface area contributed by atoms with Crippen molar-refractivity contribution in [1.82, 2.24) is 15.5 Å². The Morgan fingerprint density at radius 2 is 1.68 bits per heavy atom. The molecule has 0 aliphatic carbocycles. The molecule has 2 N–H and O–H groups in total. The smallest absolute Gasteiger partial charge is 0.239 e. The first-order valence-corrected chi connectivity index (χ1v) is 6.97. The monoisotopic (exact) mass is 271 g/mol. The van der Waals surface area contributed by atoms with Gasteiger partial charge in [0.25, 0.3) is 0 Å². The van der Waals surface area contributed by atoms with Gasteiger partial charge in [-0.05, 0) is 41.0 Å². The number of likely N-dealkylation sites (N-methyl/N-ethyl adjacent to an activating group) is 1. The van der Waals surface area contributed by atoms with Gasteiger partial charge in [-0.1, -0.05) is 6.92 Å². The van der Waals surface area contributed by atoms with Crippen molar-refractivity contribution in [3.8, 4) is 0 Å². The standard InChI is InChI=1S/C14H29N3O2/c1-8-14(5,6)16-12(18)10(3)15-11(4)13(19)17(7)9-2/h10-11,15H,8-9H2,1-7H3,(H,16,18). The summed E-state index contributed by atoms with van der Waals surface area (Å²) in [6, 6.07) is -0.759. The summed E-state index contributed by atoms with van der Waals surface area (Å²) in [5, 5.41) is 6.00. The molecule has 0 saturated heterocycles. The Balaban J connectivity index is 4.41. The minimum Gasteiger partial charge on any atom is -0.350 e. The Kier molecular flexibility index (Phi) is 7.05. The zero-order chi connectivity index (χ0) is 15.2. The molecule has 0 aliphatic heterocycles. The molecule has 112 valence electrons. The summed E-state index contributed by atoms with van der Waals surface area (Å²) in [7, 11) is 1.76. The zero-order valence-electron chi connectivity index (χ0n) is 13.3. The van der Waals surface area contributed by atoms with E-state index in [2.05, 4.69) is 10.6 Å². The molecule has 2 unspecified atom stereocenters. The SMILES string of the molecule is CCN(C)C(=O)C(C)NC(C)C(=O)NC(C)(C)CC. The summed E-state index contributed by atoms with van der Waals surface area (Å²) in [6.07, 6.45) is 0.860. The van der Waals surface area contributed by atoms with Crippen molar-refractivity contribution in [3.05, 3.63) is 0 Å². The van der Waals surface area contributed by atoms with Crippen LogP contribution in [0.15, 0.2) is 0 Å². The largest absolute Gasteiger partial charge is 0.350 e. The van der Waals surface area contributed by atoms with Gasteiger partial charge in [-0.25, -0.2) is 0 Å². The highest BCUT2D eigenvalue weighted by atomic mass is 16.2. The molecule has 2 amide bonds. The number of nitrogens with zero attached hydrogens (tertiary/aromatic N) is 1. The average Bonchev–Trinajstić information content (AvgIpc) is 2.36. The second-order valence-corrected chi connectivity index (χ2v) is 5.69. The van der Waals surface area contributed by atoms with Gasteiger partial charge in [0, 0.05) is 19.1 Å². The number of hydrogen-bond donors (Lipinski definition) is 2. The second-order valence-electron chi connectivity index (χ2n) is 5.69. The molecule has 0 fully saturated rings. The maximum absolute atomic E-state index is 12.0. The van der Waals surface area contributed by atoms with E-state index >= 15 is 0 Å². The number of amides is 2. The van der Waals surface area contributed by atoms with Crippen molar-refractivity contribution in [2.75, 3.05) is 13.6 Å². The number of nitrogens with one attached hydrogen (secondary N) is 2. The van der Waals surface area contributed by atoms with Gasteiger partial charge in [-0.15, -0.1) is 0 Å². The van der Waals surface area contributed by atoms with Crippen LogP contribution in [0.2, 0.25) is 0 Å². The molecule has 19 heavy (non-hydrogen) atoms. The predicted molar refractivity (Wildman–Crippen MR) is 77.9 cm³/mol. The average molecular weight is 271 g/mol. The highest BCUT2D eigenvalue weighted by molar-refractivity contribution is 5.85. The van der Waals surface area contributed by atoms with Crippen LogP contribution in [0.25, 0.3) is 0 Å². The number of carbonyl (C=O) groups is 2. The van der Waals surface area contributed by atoms with Gasteiger partial charge in [0.05, 0.1) is 12.1 Å². The Hall–Kier alpha value is -1.10. The van der Waals surface area contributed by atoms with Crippen LogP contribution in [0.3, 0.4) is 0 Å². The number of rotatable bonds is 7. The van der Waals surface area contributed by atoms with Crippen molar-refractivity contribution in [3.63, 3.8) is 0 Å². The van der Waals surface area contributed by atoms with E-state index in [0.29, 0.717) is 6.54 Å². The summed E-state index contributed by atoms with van der Waals surface area (Å²) in [6.45, 7) is 12.1. The predicted octanol–water partition coefficient (Wildman–Crippen LogP) is 1.14. The third kappa shape index (κ3) is 6.05. The molecule has 0 rings (SSSR count). The molecular weight excluding hydrogens is 242 g/mol. The lowest BCUT2D eigenvalue weighted by Gasteiger charge is -2.28. The molecule has 0 aromatic heterocycles. The molecule has 5 nitrogen and oxygen atoms in total. The molecule has 0 spiro atoms. The lowest BCUT2D eigenvalue weighted by Crippen LogP contribution is -2.54. The van der Waals surface area contributed by atoms with E-state index in [1.165, 1.54) is 0 Å². The van der Waals surface area contributed by atoms with Crippen LogP contribution in [-0.2, 0) is 9.59 Å². The Morgan fingerprint density at radius 1 is 1.16 bits per heavy atom. The van der Waals surface area contributed by atoms with Crippen LogP contribution in [0.5, 0.6) is 0 Å². The zero-order valence-corrected chi connectivity index (χ0v) is 13.3. The summed E-state index contributed by atoms with van der Waals surface area (Å²) < 4.78 is 0. The molecule has 0 bridgehead atoms. The highest BCUT2D eigenvalue weighted by Crippen LogP contribution is 2.07. The van der Waals surface area contributed by atoms with Crippen molar-refractivity contribution < 1.29 is 9.59 Å². The quantitative estimate of drug-likeness (QED) is 0.730. The van der Waals surface area contributed by atoms with E-state index in [1.807, 2.05) is 27.7 Å². The summed E-state index contributed by atoms with van der Waals surface area (Å²) in [5.41, 5.74) is -0.222. The van der Waals surface area contributed by atoms with Crippen molar-refractivity contribution in [1.29, 1.82) is 0 Å². The summed E-state index contributed by atoms with van der Waals surface area (Å²) in [4.78, 5) is 25.6. The minimum absolute atomic E-state index is 0.00287. The lowest BCUT2D eigenvalue weighted by atomic mass is 10.0. The van der Waals surface area contributed by atoms with Crippen LogP contribution in [-0.4, -0.2) is 47.9 Å². The fourth-order valence-corrected chi connectivity index (χ4v) is 1.54. The minimum atomic E-state index is -0.393. The molecular formula is C14H29N3O2. The van der Waals surface area contributed by atoms with Gasteiger partial charge in [0.2, 0.25) is 11.8 Å². The first-order valence-electron chi connectivity index (χ1n) is 6.97. The van der Waals surface area contributed by atoms with Crippen molar-refractivity contribution in [2.24, 2.45) is 0 Å². The van der Waals surface area contributed by atoms with E-state index in [0.717, 1.165) is 6.42 Å². The fourth-order valence-electron chi connectivity index (χ4n) is 1.54. The maximum Gasteiger partial charge on any atom is 0.239 e. The van der Waals surface area contributed by atoms with Gasteiger partial charge in [0.1, 0.15) is 0 Å². The summed E-state index contributed by atoms with van der Waals surface area (Å²) >= 11 is 0.